The van der Waals surface area contributed by atoms with Gasteiger partial charge in [0, 0.05) is 5.92 Å². The highest BCUT2D eigenvalue weighted by Gasteiger charge is 2.27. The van der Waals surface area contributed by atoms with Crippen LogP contribution in [0, 0.1) is 12.8 Å². The molecule has 0 amide bonds. The molecule has 21 heavy (non-hydrogen) atoms. The Morgan fingerprint density at radius 1 is 1.29 bits per heavy atom. The summed E-state index contributed by atoms with van der Waals surface area (Å²) in [4.78, 5) is 9.07. The molecule has 1 aliphatic rings. The zero-order valence-electron chi connectivity index (χ0n) is 13.6. The molecule has 1 aromatic rings. The summed E-state index contributed by atoms with van der Waals surface area (Å²) in [6.07, 6.45) is 6.35. The van der Waals surface area contributed by atoms with Crippen LogP contribution in [0.2, 0.25) is 0 Å². The van der Waals surface area contributed by atoms with Crippen molar-refractivity contribution in [3.8, 4) is 5.88 Å². The summed E-state index contributed by atoms with van der Waals surface area (Å²) >= 11 is 0. The highest BCUT2D eigenvalue weighted by Crippen LogP contribution is 2.32. The summed E-state index contributed by atoms with van der Waals surface area (Å²) in [6, 6.07) is 0. The number of anilines is 1. The Hall–Kier alpha value is -1.36. The third-order valence-electron chi connectivity index (χ3n) is 4.40. The van der Waals surface area contributed by atoms with Gasteiger partial charge in [-0.15, -0.1) is 0 Å². The maximum atomic E-state index is 6.28. The fourth-order valence-electron chi connectivity index (χ4n) is 2.97. The van der Waals surface area contributed by atoms with Crippen molar-refractivity contribution in [3.05, 3.63) is 11.4 Å². The van der Waals surface area contributed by atoms with E-state index in [2.05, 4.69) is 36.2 Å². The smallest absolute Gasteiger partial charge is 0.222 e. The maximum absolute atomic E-state index is 6.28. The Balaban J connectivity index is 2.27. The van der Waals surface area contributed by atoms with E-state index >= 15 is 0 Å². The minimum Gasteiger partial charge on any atom is -0.474 e. The third-order valence-corrected chi connectivity index (χ3v) is 4.40. The third kappa shape index (κ3) is 3.64. The van der Waals surface area contributed by atoms with Crippen LogP contribution in [0.4, 0.5) is 5.82 Å². The number of hydrazine groups is 1. The number of nitrogens with two attached hydrogens (primary N) is 1. The van der Waals surface area contributed by atoms with Crippen molar-refractivity contribution in [3.63, 3.8) is 0 Å². The van der Waals surface area contributed by atoms with Crippen LogP contribution in [0.15, 0.2) is 0 Å². The van der Waals surface area contributed by atoms with Gasteiger partial charge in [0.05, 0.1) is 5.56 Å². The molecule has 0 aromatic carbocycles. The summed E-state index contributed by atoms with van der Waals surface area (Å²) in [5.41, 5.74) is 3.55. The number of hydrogen-bond acceptors (Lipinski definition) is 5. The molecule has 1 aliphatic carbocycles. The minimum absolute atomic E-state index is 0.244. The van der Waals surface area contributed by atoms with Crippen LogP contribution in [-0.2, 0) is 0 Å². The van der Waals surface area contributed by atoms with E-state index in [1.807, 2.05) is 6.92 Å². The molecule has 0 aliphatic heterocycles. The lowest BCUT2D eigenvalue weighted by Gasteiger charge is -2.31. The number of aromatic nitrogens is 2. The van der Waals surface area contributed by atoms with Crippen LogP contribution in [0.1, 0.15) is 70.2 Å². The fourth-order valence-corrected chi connectivity index (χ4v) is 2.97. The van der Waals surface area contributed by atoms with Gasteiger partial charge in [-0.05, 0) is 38.5 Å². The Morgan fingerprint density at radius 3 is 2.62 bits per heavy atom. The minimum atomic E-state index is 0.244. The topological polar surface area (TPSA) is 73.1 Å². The second-order valence-corrected chi connectivity index (χ2v) is 6.27. The average molecular weight is 292 g/mol. The quantitative estimate of drug-likeness (QED) is 0.641. The zero-order chi connectivity index (χ0) is 15.4. The van der Waals surface area contributed by atoms with Gasteiger partial charge >= 0.3 is 0 Å². The first-order valence-corrected chi connectivity index (χ1v) is 8.08. The number of ether oxygens (including phenoxy) is 1. The molecule has 0 radical (unpaired) electrons. The second-order valence-electron chi connectivity index (χ2n) is 6.27. The van der Waals surface area contributed by atoms with Crippen molar-refractivity contribution in [2.24, 2.45) is 11.8 Å². The highest BCUT2D eigenvalue weighted by molar-refractivity contribution is 5.47. The van der Waals surface area contributed by atoms with Gasteiger partial charge in [-0.25, -0.2) is 10.8 Å². The average Bonchev–Trinajstić information content (AvgIpc) is 2.49. The van der Waals surface area contributed by atoms with Gasteiger partial charge in [-0.3, -0.25) is 0 Å². The number of nitrogen functional groups attached to an aromatic ring is 1. The number of hydrogen-bond donors (Lipinski definition) is 2. The molecular formula is C16H28N4O. The predicted octanol–water partition coefficient (Wildman–Crippen LogP) is 3.54. The van der Waals surface area contributed by atoms with E-state index in [0.717, 1.165) is 24.2 Å². The molecule has 3 N–H and O–H groups in total. The van der Waals surface area contributed by atoms with E-state index in [-0.39, 0.29) is 12.0 Å². The molecular weight excluding hydrogens is 264 g/mol. The van der Waals surface area contributed by atoms with Gasteiger partial charge < -0.3 is 10.2 Å². The maximum Gasteiger partial charge on any atom is 0.222 e. The first-order valence-electron chi connectivity index (χ1n) is 8.08. The lowest BCUT2D eigenvalue weighted by molar-refractivity contribution is 0.0847. The van der Waals surface area contributed by atoms with Crippen molar-refractivity contribution in [2.75, 3.05) is 5.43 Å². The Bertz CT molecular complexity index is 476. The molecule has 1 aromatic heterocycles. The van der Waals surface area contributed by atoms with Crippen molar-refractivity contribution < 1.29 is 4.74 Å². The van der Waals surface area contributed by atoms with Gasteiger partial charge in [-0.2, -0.15) is 4.98 Å². The summed E-state index contributed by atoms with van der Waals surface area (Å²) in [6.45, 7) is 8.35. The Kier molecular flexibility index (Phi) is 5.39. The van der Waals surface area contributed by atoms with Crippen molar-refractivity contribution in [1.82, 2.24) is 9.97 Å². The first-order chi connectivity index (χ1) is 10.1. The highest BCUT2D eigenvalue weighted by atomic mass is 16.5. The van der Waals surface area contributed by atoms with Crippen molar-refractivity contribution in [1.29, 1.82) is 0 Å². The predicted molar refractivity (Wildman–Crippen MR) is 85.3 cm³/mol. The lowest BCUT2D eigenvalue weighted by Crippen LogP contribution is -2.30. The molecule has 1 heterocycles. The van der Waals surface area contributed by atoms with E-state index in [4.69, 9.17) is 10.6 Å². The second kappa shape index (κ2) is 7.07. The summed E-state index contributed by atoms with van der Waals surface area (Å²) < 4.78 is 6.28. The molecule has 0 spiro atoms. The van der Waals surface area contributed by atoms with Gasteiger partial charge in [0.15, 0.2) is 0 Å². The van der Waals surface area contributed by atoms with Crippen molar-refractivity contribution in [2.45, 2.75) is 71.8 Å². The van der Waals surface area contributed by atoms with E-state index < -0.39 is 0 Å². The number of rotatable bonds is 5. The van der Waals surface area contributed by atoms with Crippen LogP contribution in [-0.4, -0.2) is 16.1 Å². The molecule has 1 fully saturated rings. The van der Waals surface area contributed by atoms with Crippen LogP contribution in [0.25, 0.3) is 0 Å². The molecule has 2 unspecified atom stereocenters. The van der Waals surface area contributed by atoms with Gasteiger partial charge in [-0.1, -0.05) is 27.2 Å². The van der Waals surface area contributed by atoms with E-state index in [1.54, 1.807) is 0 Å². The number of nitrogens with one attached hydrogen (secondary N) is 1. The summed E-state index contributed by atoms with van der Waals surface area (Å²) in [7, 11) is 0. The molecule has 5 nitrogen and oxygen atoms in total. The van der Waals surface area contributed by atoms with Crippen LogP contribution in [0.3, 0.4) is 0 Å². The Labute approximate surface area is 127 Å². The fraction of sp³-hybridized carbons (Fsp3) is 0.750. The number of nitrogens with zero attached hydrogens (tertiary/aromatic N) is 2. The molecule has 118 valence electrons. The largest absolute Gasteiger partial charge is 0.474 e. The van der Waals surface area contributed by atoms with E-state index in [9.17, 15) is 0 Å². The van der Waals surface area contributed by atoms with E-state index in [0.29, 0.717) is 17.6 Å². The summed E-state index contributed by atoms with van der Waals surface area (Å²) in [5, 5.41) is 0. The Morgan fingerprint density at radius 2 is 2.00 bits per heavy atom. The molecule has 2 atom stereocenters. The molecule has 2 rings (SSSR count). The molecule has 1 saturated carbocycles. The molecule has 5 heteroatoms. The summed E-state index contributed by atoms with van der Waals surface area (Å²) in [5.74, 6) is 8.57. The van der Waals surface area contributed by atoms with Gasteiger partial charge in [0.25, 0.3) is 0 Å². The SMILES string of the molecule is CCC1CCCCC1Oc1nc(C(C)C)nc(NN)c1C. The molecule has 0 bridgehead atoms. The first kappa shape index (κ1) is 16.0. The monoisotopic (exact) mass is 292 g/mol. The normalized spacial score (nSPS) is 22.4. The van der Waals surface area contributed by atoms with Crippen molar-refractivity contribution >= 4 is 5.82 Å². The lowest BCUT2D eigenvalue weighted by atomic mass is 9.85. The van der Waals surface area contributed by atoms with Crippen LogP contribution < -0.4 is 16.0 Å². The standard InChI is InChI=1S/C16H28N4O/c1-5-12-8-6-7-9-13(12)21-16-11(4)15(20-17)18-14(19-16)10(2)3/h10,12-13H,5-9,17H2,1-4H3,(H,18,19,20). The van der Waals surface area contributed by atoms with Crippen LogP contribution >= 0.6 is 0 Å². The zero-order valence-corrected chi connectivity index (χ0v) is 13.6. The molecule has 0 saturated heterocycles. The van der Waals surface area contributed by atoms with Gasteiger partial charge in [0.1, 0.15) is 17.7 Å². The van der Waals surface area contributed by atoms with Gasteiger partial charge in [0.2, 0.25) is 5.88 Å². The van der Waals surface area contributed by atoms with Crippen LogP contribution in [0.5, 0.6) is 5.88 Å². The van der Waals surface area contributed by atoms with E-state index in [1.165, 1.54) is 19.3 Å².